The number of nitrogens with zero attached hydrogens (tertiary/aromatic N) is 5. The van der Waals surface area contributed by atoms with Crippen LogP contribution in [0.4, 0.5) is 16.5 Å². The topological polar surface area (TPSA) is 64.6 Å². The standard InChI is InChI=1S/C32H31N5S2/c1-4-7-10-22-13-18-28(29-12-9-8-11-27(22)29)23(21-33)19-26-20-30-31(38-26)34-32(39-30)36-35-24-14-16-25(17-15-24)37(5-2)6-3/h8-9,11-20H,4-7,10H2,1-3H3/b23-19+,36-35+. The van der Waals surface area contributed by atoms with Crippen LogP contribution in [-0.4, -0.2) is 18.1 Å². The number of aromatic nitrogens is 1. The molecular formula is C32H31N5S2. The molecule has 5 rings (SSSR count). The molecule has 0 radical (unpaired) electrons. The Kier molecular flexibility index (Phi) is 8.45. The Labute approximate surface area is 237 Å². The minimum absolute atomic E-state index is 0.633. The van der Waals surface area contributed by atoms with Gasteiger partial charge in [0.1, 0.15) is 4.83 Å². The van der Waals surface area contributed by atoms with Gasteiger partial charge in [-0.3, -0.25) is 0 Å². The van der Waals surface area contributed by atoms with Crippen LogP contribution >= 0.6 is 22.7 Å². The van der Waals surface area contributed by atoms with Crippen molar-refractivity contribution >= 4 is 71.1 Å². The highest BCUT2D eigenvalue weighted by Crippen LogP contribution is 2.37. The van der Waals surface area contributed by atoms with Gasteiger partial charge in [0.25, 0.3) is 0 Å². The average Bonchev–Trinajstić information content (AvgIpc) is 3.53. The molecule has 0 saturated heterocycles. The first kappa shape index (κ1) is 26.7. The quantitative estimate of drug-likeness (QED) is 0.129. The number of hydrogen-bond acceptors (Lipinski definition) is 7. The van der Waals surface area contributed by atoms with Gasteiger partial charge >= 0.3 is 0 Å². The van der Waals surface area contributed by atoms with Crippen molar-refractivity contribution in [3.63, 3.8) is 0 Å². The van der Waals surface area contributed by atoms with Crippen LogP contribution in [0.5, 0.6) is 0 Å². The van der Waals surface area contributed by atoms with E-state index in [4.69, 9.17) is 0 Å². The van der Waals surface area contributed by atoms with Crippen molar-refractivity contribution in [2.75, 3.05) is 18.0 Å². The van der Waals surface area contributed by atoms with Gasteiger partial charge in [0.15, 0.2) is 0 Å². The molecule has 39 heavy (non-hydrogen) atoms. The van der Waals surface area contributed by atoms with Gasteiger partial charge in [-0.15, -0.1) is 21.6 Å². The molecule has 2 aromatic heterocycles. The molecule has 0 aliphatic carbocycles. The summed E-state index contributed by atoms with van der Waals surface area (Å²) in [6.07, 6.45) is 5.35. The molecule has 5 aromatic rings. The predicted molar refractivity (Wildman–Crippen MR) is 168 cm³/mol. The van der Waals surface area contributed by atoms with Crippen molar-refractivity contribution in [3.05, 3.63) is 82.7 Å². The van der Waals surface area contributed by atoms with E-state index in [1.165, 1.54) is 28.0 Å². The molecule has 0 atom stereocenters. The highest BCUT2D eigenvalue weighted by molar-refractivity contribution is 7.29. The summed E-state index contributed by atoms with van der Waals surface area (Å²) in [7, 11) is 0. The summed E-state index contributed by atoms with van der Waals surface area (Å²) in [6, 6.07) is 25.3. The SMILES string of the molecule is CCCCc1ccc(/C(C#N)=C/c2cc3sc(/N=N/c4ccc(N(CC)CC)cc4)nc3s2)c2ccccc12. The van der Waals surface area contributed by atoms with E-state index in [0.29, 0.717) is 10.7 Å². The van der Waals surface area contributed by atoms with Gasteiger partial charge in [-0.2, -0.15) is 5.26 Å². The second kappa shape index (κ2) is 12.3. The third-order valence-corrected chi connectivity index (χ3v) is 8.83. The summed E-state index contributed by atoms with van der Waals surface area (Å²) in [6.45, 7) is 8.47. The lowest BCUT2D eigenvalue weighted by atomic mass is 9.93. The molecule has 3 aromatic carbocycles. The van der Waals surface area contributed by atoms with Crippen LogP contribution in [0, 0.1) is 11.3 Å². The Balaban J connectivity index is 1.37. The third-order valence-electron chi connectivity index (χ3n) is 6.84. The number of fused-ring (bicyclic) bond motifs is 2. The van der Waals surface area contributed by atoms with Gasteiger partial charge in [-0.1, -0.05) is 61.1 Å². The summed E-state index contributed by atoms with van der Waals surface area (Å²) in [5.74, 6) is 0. The van der Waals surface area contributed by atoms with E-state index in [1.807, 2.05) is 24.3 Å². The fourth-order valence-corrected chi connectivity index (χ4v) is 6.75. The van der Waals surface area contributed by atoms with E-state index < -0.39 is 0 Å². The molecule has 0 N–H and O–H groups in total. The first-order valence-corrected chi connectivity index (χ1v) is 15.1. The highest BCUT2D eigenvalue weighted by Gasteiger charge is 2.12. The van der Waals surface area contributed by atoms with Crippen LogP contribution in [-0.2, 0) is 6.42 Å². The zero-order valence-corrected chi connectivity index (χ0v) is 24.1. The van der Waals surface area contributed by atoms with Crippen molar-refractivity contribution in [1.29, 1.82) is 5.26 Å². The van der Waals surface area contributed by atoms with E-state index in [9.17, 15) is 5.26 Å². The third kappa shape index (κ3) is 5.93. The molecular weight excluding hydrogens is 519 g/mol. The van der Waals surface area contributed by atoms with Crippen molar-refractivity contribution in [1.82, 2.24) is 4.98 Å². The number of azo groups is 1. The number of hydrogen-bond donors (Lipinski definition) is 0. The number of allylic oxidation sites excluding steroid dienone is 1. The Morgan fingerprint density at radius 2 is 1.72 bits per heavy atom. The van der Waals surface area contributed by atoms with Crippen LogP contribution in [0.1, 0.15) is 49.6 Å². The Morgan fingerprint density at radius 3 is 2.41 bits per heavy atom. The van der Waals surface area contributed by atoms with Crippen molar-refractivity contribution in [2.45, 2.75) is 40.0 Å². The molecule has 0 aliphatic heterocycles. The van der Waals surface area contributed by atoms with Gasteiger partial charge < -0.3 is 4.90 Å². The Morgan fingerprint density at radius 1 is 0.949 bits per heavy atom. The van der Waals surface area contributed by atoms with Crippen molar-refractivity contribution < 1.29 is 0 Å². The van der Waals surface area contributed by atoms with Crippen molar-refractivity contribution in [3.8, 4) is 6.07 Å². The number of anilines is 1. The summed E-state index contributed by atoms with van der Waals surface area (Å²) < 4.78 is 1.05. The lowest BCUT2D eigenvalue weighted by Gasteiger charge is -2.20. The number of thiazole rings is 1. The van der Waals surface area contributed by atoms with Gasteiger partial charge in [0, 0.05) is 29.2 Å². The summed E-state index contributed by atoms with van der Waals surface area (Å²) in [4.78, 5) is 8.89. The molecule has 0 fully saturated rings. The summed E-state index contributed by atoms with van der Waals surface area (Å²) in [5, 5.41) is 21.8. The van der Waals surface area contributed by atoms with E-state index >= 15 is 0 Å². The van der Waals surface area contributed by atoms with Gasteiger partial charge in [0.2, 0.25) is 5.13 Å². The second-order valence-electron chi connectivity index (χ2n) is 9.29. The number of unbranched alkanes of at least 4 members (excludes halogenated alkanes) is 1. The number of rotatable bonds is 10. The summed E-state index contributed by atoms with van der Waals surface area (Å²) >= 11 is 3.09. The zero-order valence-electron chi connectivity index (χ0n) is 22.5. The lowest BCUT2D eigenvalue weighted by molar-refractivity contribution is 0.799. The van der Waals surface area contributed by atoms with Crippen LogP contribution in [0.2, 0.25) is 0 Å². The monoisotopic (exact) mass is 549 g/mol. The molecule has 2 heterocycles. The predicted octanol–water partition coefficient (Wildman–Crippen LogP) is 10.2. The molecule has 0 saturated carbocycles. The van der Waals surface area contributed by atoms with E-state index in [-0.39, 0.29) is 0 Å². The summed E-state index contributed by atoms with van der Waals surface area (Å²) in [5.41, 5.74) is 4.97. The number of nitriles is 1. The van der Waals surface area contributed by atoms with Gasteiger partial charge in [-0.05, 0) is 79.4 Å². The Hall–Kier alpha value is -3.86. The average molecular weight is 550 g/mol. The maximum Gasteiger partial charge on any atom is 0.231 e. The molecule has 7 heteroatoms. The zero-order chi connectivity index (χ0) is 27.2. The Bertz CT molecular complexity index is 1650. The maximum absolute atomic E-state index is 10.1. The minimum Gasteiger partial charge on any atom is -0.372 e. The maximum atomic E-state index is 10.1. The van der Waals surface area contributed by atoms with Crippen LogP contribution < -0.4 is 4.90 Å². The molecule has 0 aliphatic rings. The normalized spacial score (nSPS) is 12.0. The van der Waals surface area contributed by atoms with Crippen LogP contribution in [0.25, 0.3) is 32.0 Å². The first-order valence-electron chi connectivity index (χ1n) is 13.4. The second-order valence-corrected chi connectivity index (χ2v) is 11.4. The largest absolute Gasteiger partial charge is 0.372 e. The first-order chi connectivity index (χ1) is 19.1. The number of aryl methyl sites for hydroxylation is 1. The van der Waals surface area contributed by atoms with Gasteiger partial charge in [0.05, 0.1) is 22.0 Å². The smallest absolute Gasteiger partial charge is 0.231 e. The van der Waals surface area contributed by atoms with E-state index in [1.54, 1.807) is 11.3 Å². The fourth-order valence-electron chi connectivity index (χ4n) is 4.77. The molecule has 0 bridgehead atoms. The van der Waals surface area contributed by atoms with Crippen molar-refractivity contribution in [2.24, 2.45) is 10.2 Å². The van der Waals surface area contributed by atoms with Crippen LogP contribution in [0.15, 0.2) is 77.0 Å². The fraction of sp³-hybridized carbons (Fsp3) is 0.250. The molecule has 5 nitrogen and oxygen atoms in total. The molecule has 0 spiro atoms. The molecule has 0 unspecified atom stereocenters. The van der Waals surface area contributed by atoms with E-state index in [0.717, 1.165) is 63.4 Å². The highest BCUT2D eigenvalue weighted by atomic mass is 32.1. The van der Waals surface area contributed by atoms with E-state index in [2.05, 4.69) is 95.5 Å². The van der Waals surface area contributed by atoms with Gasteiger partial charge in [-0.25, -0.2) is 4.98 Å². The van der Waals surface area contributed by atoms with Crippen LogP contribution in [0.3, 0.4) is 0 Å². The number of thiophene rings is 1. The molecule has 196 valence electrons. The molecule has 0 amide bonds. The number of benzene rings is 3. The lowest BCUT2D eigenvalue weighted by Crippen LogP contribution is -2.21. The minimum atomic E-state index is 0.633.